The molecule has 0 saturated carbocycles. The van der Waals surface area contributed by atoms with Crippen molar-refractivity contribution in [1.82, 2.24) is 24.7 Å². The summed E-state index contributed by atoms with van der Waals surface area (Å²) in [7, 11) is 0. The van der Waals surface area contributed by atoms with Crippen molar-refractivity contribution in [1.29, 1.82) is 0 Å². The lowest BCUT2D eigenvalue weighted by molar-refractivity contribution is -0.113. The van der Waals surface area contributed by atoms with Crippen LogP contribution in [0.3, 0.4) is 0 Å². The number of nitrogens with zero attached hydrogens (tertiary/aromatic N) is 5. The largest absolute Gasteiger partial charge is 0.334 e. The number of halogens is 2. The monoisotopic (exact) mass is 395 g/mol. The minimum absolute atomic E-state index is 0.0193. The molecule has 1 amide bonds. The van der Waals surface area contributed by atoms with Crippen molar-refractivity contribution < 1.29 is 9.18 Å². The molecule has 0 aliphatic heterocycles. The van der Waals surface area contributed by atoms with Gasteiger partial charge in [0.25, 0.3) is 5.95 Å². The van der Waals surface area contributed by atoms with Crippen LogP contribution in [0.4, 0.5) is 10.1 Å². The van der Waals surface area contributed by atoms with Crippen molar-refractivity contribution in [3.05, 3.63) is 46.5 Å². The first-order chi connectivity index (χ1) is 12.3. The van der Waals surface area contributed by atoms with Crippen LogP contribution in [0.1, 0.15) is 11.4 Å². The van der Waals surface area contributed by atoms with Crippen LogP contribution < -0.4 is 11.2 Å². The molecule has 2 heterocycles. The Morgan fingerprint density at radius 1 is 1.35 bits per heavy atom. The van der Waals surface area contributed by atoms with Gasteiger partial charge >= 0.3 is 0 Å². The van der Waals surface area contributed by atoms with Gasteiger partial charge in [-0.15, -0.1) is 10.2 Å². The van der Waals surface area contributed by atoms with Gasteiger partial charge in [0.1, 0.15) is 5.82 Å². The Morgan fingerprint density at radius 3 is 2.77 bits per heavy atom. The molecule has 3 rings (SSSR count). The van der Waals surface area contributed by atoms with Crippen LogP contribution in [0, 0.1) is 19.7 Å². The van der Waals surface area contributed by atoms with Crippen molar-refractivity contribution >= 4 is 35.0 Å². The number of carbonyl (C=O) groups excluding carboxylic acids is 1. The van der Waals surface area contributed by atoms with Crippen LogP contribution in [-0.4, -0.2) is 36.3 Å². The molecule has 0 bridgehead atoms. The fourth-order valence-electron chi connectivity index (χ4n) is 2.25. The van der Waals surface area contributed by atoms with E-state index >= 15 is 0 Å². The second-order valence-corrected chi connectivity index (χ2v) is 6.83. The second kappa shape index (κ2) is 7.34. The first-order valence-electron chi connectivity index (χ1n) is 7.47. The van der Waals surface area contributed by atoms with Crippen molar-refractivity contribution in [2.24, 2.45) is 0 Å². The number of hydrogen-bond acceptors (Lipinski definition) is 6. The number of carbonyl (C=O) groups is 1. The molecule has 8 nitrogen and oxygen atoms in total. The van der Waals surface area contributed by atoms with Crippen LogP contribution in [0.25, 0.3) is 5.95 Å². The molecule has 3 aromatic rings. The maximum atomic E-state index is 13.7. The first kappa shape index (κ1) is 18.2. The number of anilines is 1. The molecule has 26 heavy (non-hydrogen) atoms. The van der Waals surface area contributed by atoms with E-state index in [0.717, 1.165) is 29.2 Å². The van der Waals surface area contributed by atoms with Crippen molar-refractivity contribution in [2.75, 3.05) is 16.9 Å². The molecule has 0 radical (unpaired) electrons. The summed E-state index contributed by atoms with van der Waals surface area (Å²) in [6.07, 6.45) is 0. The summed E-state index contributed by atoms with van der Waals surface area (Å²) in [6.45, 7) is 3.73. The van der Waals surface area contributed by atoms with Crippen LogP contribution >= 0.6 is 23.4 Å². The third-order valence-electron chi connectivity index (χ3n) is 3.38. The smallest absolute Gasteiger partial charge is 0.271 e. The first-order valence-corrected chi connectivity index (χ1v) is 8.83. The Morgan fingerprint density at radius 2 is 2.12 bits per heavy atom. The molecule has 0 spiro atoms. The molecule has 0 saturated heterocycles. The SMILES string of the molecule is Cc1cc(C)n(-c2nnc(SCC(=O)Nc3ccc(Cl)cc3F)n2N)n1. The van der Waals surface area contributed by atoms with E-state index in [1.807, 2.05) is 19.9 Å². The van der Waals surface area contributed by atoms with Gasteiger partial charge in [-0.2, -0.15) is 5.10 Å². The topological polar surface area (TPSA) is 104 Å². The number of hydrogen-bond donors (Lipinski definition) is 2. The highest BCUT2D eigenvalue weighted by molar-refractivity contribution is 7.99. The Kier molecular flexibility index (Phi) is 5.14. The van der Waals surface area contributed by atoms with E-state index < -0.39 is 11.7 Å². The Bertz CT molecular complexity index is 971. The van der Waals surface area contributed by atoms with E-state index in [9.17, 15) is 9.18 Å². The van der Waals surface area contributed by atoms with E-state index in [2.05, 4.69) is 20.6 Å². The number of thioether (sulfide) groups is 1. The predicted octanol–water partition coefficient (Wildman–Crippen LogP) is 2.32. The molecule has 3 N–H and O–H groups in total. The lowest BCUT2D eigenvalue weighted by Crippen LogP contribution is -2.19. The number of aromatic nitrogens is 5. The maximum Gasteiger partial charge on any atom is 0.271 e. The molecule has 0 atom stereocenters. The van der Waals surface area contributed by atoms with Crippen molar-refractivity contribution in [3.8, 4) is 5.95 Å². The molecule has 11 heteroatoms. The number of benzene rings is 1. The highest BCUT2D eigenvalue weighted by atomic mass is 35.5. The van der Waals surface area contributed by atoms with Crippen LogP contribution in [0.5, 0.6) is 0 Å². The van der Waals surface area contributed by atoms with Crippen molar-refractivity contribution in [3.63, 3.8) is 0 Å². The summed E-state index contributed by atoms with van der Waals surface area (Å²) in [5.74, 6) is 5.30. The normalized spacial score (nSPS) is 10.9. The van der Waals surface area contributed by atoms with E-state index in [0.29, 0.717) is 11.1 Å². The number of rotatable bonds is 5. The van der Waals surface area contributed by atoms with Gasteiger partial charge in [-0.25, -0.2) is 13.7 Å². The minimum Gasteiger partial charge on any atom is -0.334 e. The van der Waals surface area contributed by atoms with Gasteiger partial charge in [0.2, 0.25) is 11.1 Å². The minimum atomic E-state index is -0.607. The highest BCUT2D eigenvalue weighted by Gasteiger charge is 2.16. The zero-order valence-electron chi connectivity index (χ0n) is 13.9. The Labute approximate surface area is 157 Å². The molecule has 0 fully saturated rings. The van der Waals surface area contributed by atoms with Gasteiger partial charge in [0, 0.05) is 10.7 Å². The number of nitrogen functional groups attached to an aromatic ring is 1. The zero-order valence-corrected chi connectivity index (χ0v) is 15.5. The fourth-order valence-corrected chi connectivity index (χ4v) is 3.06. The van der Waals surface area contributed by atoms with Gasteiger partial charge in [0.15, 0.2) is 0 Å². The average molecular weight is 396 g/mol. The molecule has 0 aliphatic rings. The zero-order chi connectivity index (χ0) is 18.8. The standard InChI is InChI=1S/C15H15ClFN7OS/c1-8-5-9(2)24(22-8)14-20-21-15(23(14)18)26-7-13(25)19-12-4-3-10(16)6-11(12)17/h3-6H,7,18H2,1-2H3,(H,19,25). The van der Waals surface area contributed by atoms with Gasteiger partial charge in [-0.05, 0) is 38.1 Å². The van der Waals surface area contributed by atoms with E-state index in [1.54, 1.807) is 4.68 Å². The summed E-state index contributed by atoms with van der Waals surface area (Å²) in [6, 6.07) is 5.90. The maximum absolute atomic E-state index is 13.7. The fraction of sp³-hybridized carbons (Fsp3) is 0.200. The van der Waals surface area contributed by atoms with E-state index in [4.69, 9.17) is 17.4 Å². The molecule has 2 aromatic heterocycles. The number of aryl methyl sites for hydroxylation is 2. The summed E-state index contributed by atoms with van der Waals surface area (Å²) in [4.78, 5) is 12.0. The summed E-state index contributed by atoms with van der Waals surface area (Å²) < 4.78 is 16.5. The number of nitrogens with one attached hydrogen (secondary N) is 1. The Hall–Kier alpha value is -2.59. The summed E-state index contributed by atoms with van der Waals surface area (Å²) in [5, 5.41) is 15.3. The van der Waals surface area contributed by atoms with Gasteiger partial charge < -0.3 is 11.2 Å². The third kappa shape index (κ3) is 3.81. The molecule has 0 unspecified atom stereocenters. The van der Waals surface area contributed by atoms with E-state index in [-0.39, 0.29) is 16.5 Å². The Balaban J connectivity index is 1.67. The lowest BCUT2D eigenvalue weighted by Gasteiger charge is -2.07. The quantitative estimate of drug-likeness (QED) is 0.507. The number of nitrogens with two attached hydrogens (primary N) is 1. The summed E-state index contributed by atoms with van der Waals surface area (Å²) >= 11 is 6.76. The number of amides is 1. The molecule has 1 aromatic carbocycles. The molecule has 0 aliphatic carbocycles. The lowest BCUT2D eigenvalue weighted by atomic mass is 10.3. The molecular weight excluding hydrogens is 381 g/mol. The van der Waals surface area contributed by atoms with Gasteiger partial charge in [-0.1, -0.05) is 23.4 Å². The molecular formula is C15H15ClFN7OS. The van der Waals surface area contributed by atoms with Crippen molar-refractivity contribution in [2.45, 2.75) is 19.0 Å². The predicted molar refractivity (Wildman–Crippen MR) is 97.5 cm³/mol. The second-order valence-electron chi connectivity index (χ2n) is 5.45. The third-order valence-corrected chi connectivity index (χ3v) is 4.56. The van der Waals surface area contributed by atoms with Gasteiger partial charge in [-0.3, -0.25) is 4.79 Å². The van der Waals surface area contributed by atoms with Crippen LogP contribution in [-0.2, 0) is 4.79 Å². The van der Waals surface area contributed by atoms with Gasteiger partial charge in [0.05, 0.1) is 17.1 Å². The average Bonchev–Trinajstić information content (AvgIpc) is 3.10. The summed E-state index contributed by atoms with van der Waals surface area (Å²) in [5.41, 5.74) is 1.73. The van der Waals surface area contributed by atoms with E-state index in [1.165, 1.54) is 16.8 Å². The van der Waals surface area contributed by atoms with Crippen LogP contribution in [0.15, 0.2) is 29.4 Å². The van der Waals surface area contributed by atoms with Crippen LogP contribution in [0.2, 0.25) is 5.02 Å². The highest BCUT2D eigenvalue weighted by Crippen LogP contribution is 2.21. The molecule has 136 valence electrons.